The van der Waals surface area contributed by atoms with Crippen LogP contribution in [0.4, 0.5) is 18.9 Å². The molecule has 2 N–H and O–H groups in total. The summed E-state index contributed by atoms with van der Waals surface area (Å²) in [5.74, 6) is -1.90. The summed E-state index contributed by atoms with van der Waals surface area (Å²) in [7, 11) is 0. The van der Waals surface area contributed by atoms with Gasteiger partial charge in [0.15, 0.2) is 0 Å². The molecule has 0 spiro atoms. The van der Waals surface area contributed by atoms with E-state index in [0.29, 0.717) is 11.3 Å². The number of nitrogens with one attached hydrogen (secondary N) is 1. The van der Waals surface area contributed by atoms with Crippen LogP contribution < -0.4 is 5.32 Å². The average molecular weight is 295 g/mol. The largest absolute Gasteiger partial charge is 0.394 e. The maximum atomic E-state index is 13.4. The Morgan fingerprint density at radius 3 is 2.05 bits per heavy atom. The third-order valence-electron chi connectivity index (χ3n) is 3.28. The first-order chi connectivity index (χ1) is 9.82. The molecule has 112 valence electrons. The SMILES string of the molecule is Cc1cc(F)cc(NC(C)(CO)c2cc(F)cc(F)c2)c1. The molecule has 0 aliphatic rings. The highest BCUT2D eigenvalue weighted by molar-refractivity contribution is 5.50. The molecule has 2 aromatic rings. The number of hydrogen-bond donors (Lipinski definition) is 2. The third kappa shape index (κ3) is 3.55. The van der Waals surface area contributed by atoms with Crippen molar-refractivity contribution in [3.8, 4) is 0 Å². The second-order valence-corrected chi connectivity index (χ2v) is 5.29. The monoisotopic (exact) mass is 295 g/mol. The molecule has 0 aliphatic heterocycles. The summed E-state index contributed by atoms with van der Waals surface area (Å²) in [4.78, 5) is 0. The average Bonchev–Trinajstić information content (AvgIpc) is 2.36. The number of anilines is 1. The summed E-state index contributed by atoms with van der Waals surface area (Å²) >= 11 is 0. The van der Waals surface area contributed by atoms with Gasteiger partial charge in [0.1, 0.15) is 17.5 Å². The molecule has 0 saturated heterocycles. The van der Waals surface area contributed by atoms with Gasteiger partial charge >= 0.3 is 0 Å². The summed E-state index contributed by atoms with van der Waals surface area (Å²) in [6.07, 6.45) is 0. The lowest BCUT2D eigenvalue weighted by atomic mass is 9.92. The fourth-order valence-electron chi connectivity index (χ4n) is 2.20. The van der Waals surface area contributed by atoms with E-state index in [-0.39, 0.29) is 5.56 Å². The zero-order valence-electron chi connectivity index (χ0n) is 11.8. The molecule has 0 bridgehead atoms. The number of aliphatic hydroxyl groups excluding tert-OH is 1. The smallest absolute Gasteiger partial charge is 0.126 e. The van der Waals surface area contributed by atoms with E-state index < -0.39 is 29.6 Å². The molecule has 5 heteroatoms. The second-order valence-electron chi connectivity index (χ2n) is 5.29. The molecule has 2 aromatic carbocycles. The number of aryl methyl sites for hydroxylation is 1. The van der Waals surface area contributed by atoms with Gasteiger partial charge in [0.25, 0.3) is 0 Å². The van der Waals surface area contributed by atoms with Crippen molar-refractivity contribution in [1.82, 2.24) is 0 Å². The van der Waals surface area contributed by atoms with E-state index in [1.165, 1.54) is 12.1 Å². The third-order valence-corrected chi connectivity index (χ3v) is 3.28. The molecule has 0 saturated carbocycles. The molecule has 1 atom stereocenters. The van der Waals surface area contributed by atoms with Crippen LogP contribution in [0.1, 0.15) is 18.1 Å². The summed E-state index contributed by atoms with van der Waals surface area (Å²) in [5, 5.41) is 12.6. The van der Waals surface area contributed by atoms with Gasteiger partial charge in [0.05, 0.1) is 12.1 Å². The minimum absolute atomic E-state index is 0.240. The van der Waals surface area contributed by atoms with Crippen LogP contribution in [0, 0.1) is 24.4 Å². The summed E-state index contributed by atoms with van der Waals surface area (Å²) in [6.45, 7) is 2.90. The Morgan fingerprint density at radius 1 is 0.952 bits per heavy atom. The molecule has 2 rings (SSSR count). The fraction of sp³-hybridized carbons (Fsp3) is 0.250. The van der Waals surface area contributed by atoms with Crippen molar-refractivity contribution >= 4 is 5.69 Å². The van der Waals surface area contributed by atoms with E-state index in [2.05, 4.69) is 5.32 Å². The molecule has 0 aliphatic carbocycles. The first kappa shape index (κ1) is 15.4. The normalized spacial score (nSPS) is 13.8. The molecular weight excluding hydrogens is 279 g/mol. The fourth-order valence-corrected chi connectivity index (χ4v) is 2.20. The topological polar surface area (TPSA) is 32.3 Å². The Hall–Kier alpha value is -2.01. The molecule has 0 amide bonds. The van der Waals surface area contributed by atoms with Gasteiger partial charge < -0.3 is 10.4 Å². The maximum Gasteiger partial charge on any atom is 0.126 e. The Morgan fingerprint density at radius 2 is 1.52 bits per heavy atom. The van der Waals surface area contributed by atoms with Crippen LogP contribution in [0.2, 0.25) is 0 Å². The van der Waals surface area contributed by atoms with Gasteiger partial charge in [-0.15, -0.1) is 0 Å². The zero-order valence-corrected chi connectivity index (χ0v) is 11.8. The minimum Gasteiger partial charge on any atom is -0.394 e. The van der Waals surface area contributed by atoms with Crippen molar-refractivity contribution < 1.29 is 18.3 Å². The quantitative estimate of drug-likeness (QED) is 0.900. The predicted octanol–water partition coefficient (Wildman–Crippen LogP) is 3.73. The lowest BCUT2D eigenvalue weighted by molar-refractivity contribution is 0.223. The molecule has 21 heavy (non-hydrogen) atoms. The number of benzene rings is 2. The minimum atomic E-state index is -1.14. The highest BCUT2D eigenvalue weighted by atomic mass is 19.1. The van der Waals surface area contributed by atoms with Gasteiger partial charge in [-0.05, 0) is 55.3 Å². The number of halogens is 3. The molecule has 0 aromatic heterocycles. The van der Waals surface area contributed by atoms with Gasteiger partial charge in [-0.25, -0.2) is 13.2 Å². The van der Waals surface area contributed by atoms with Crippen LogP contribution in [-0.2, 0) is 5.54 Å². The second kappa shape index (κ2) is 5.77. The Labute approximate surface area is 121 Å². The van der Waals surface area contributed by atoms with Crippen molar-refractivity contribution in [2.24, 2.45) is 0 Å². The van der Waals surface area contributed by atoms with Crippen molar-refractivity contribution in [3.63, 3.8) is 0 Å². The van der Waals surface area contributed by atoms with E-state index in [1.807, 2.05) is 0 Å². The number of hydrogen-bond acceptors (Lipinski definition) is 2. The van der Waals surface area contributed by atoms with E-state index >= 15 is 0 Å². The summed E-state index contributed by atoms with van der Waals surface area (Å²) < 4.78 is 40.1. The molecule has 2 nitrogen and oxygen atoms in total. The highest BCUT2D eigenvalue weighted by Crippen LogP contribution is 2.28. The van der Waals surface area contributed by atoms with Crippen LogP contribution in [0.3, 0.4) is 0 Å². The molecular formula is C16H16F3NO. The predicted molar refractivity (Wildman–Crippen MR) is 75.6 cm³/mol. The van der Waals surface area contributed by atoms with Crippen molar-refractivity contribution in [1.29, 1.82) is 0 Å². The van der Waals surface area contributed by atoms with Gasteiger partial charge in [-0.1, -0.05) is 0 Å². The van der Waals surface area contributed by atoms with E-state index in [0.717, 1.165) is 18.2 Å². The van der Waals surface area contributed by atoms with Gasteiger partial charge in [0.2, 0.25) is 0 Å². The molecule has 0 heterocycles. The lowest BCUT2D eigenvalue weighted by Crippen LogP contribution is -2.36. The molecule has 0 fully saturated rings. The Kier molecular flexibility index (Phi) is 4.23. The maximum absolute atomic E-state index is 13.4. The number of aliphatic hydroxyl groups is 1. The Bertz CT molecular complexity index is 619. The summed E-state index contributed by atoms with van der Waals surface area (Å²) in [5.41, 5.74) is 0.227. The van der Waals surface area contributed by atoms with E-state index in [1.54, 1.807) is 19.9 Å². The molecule has 0 radical (unpaired) electrons. The standard InChI is InChI=1S/C16H16F3NO/c1-10-3-12(17)8-15(4-10)20-16(2,9-21)11-5-13(18)7-14(19)6-11/h3-8,20-21H,9H2,1-2H3. The van der Waals surface area contributed by atoms with Crippen molar-refractivity contribution in [2.75, 3.05) is 11.9 Å². The van der Waals surface area contributed by atoms with Crippen molar-refractivity contribution in [3.05, 3.63) is 65.0 Å². The van der Waals surface area contributed by atoms with Crippen LogP contribution in [-0.4, -0.2) is 11.7 Å². The van der Waals surface area contributed by atoms with Gasteiger partial charge in [-0.3, -0.25) is 0 Å². The van der Waals surface area contributed by atoms with E-state index in [4.69, 9.17) is 0 Å². The summed E-state index contributed by atoms with van der Waals surface area (Å²) in [6, 6.07) is 7.34. The van der Waals surface area contributed by atoms with Gasteiger partial charge in [0, 0.05) is 11.8 Å². The van der Waals surface area contributed by atoms with Crippen molar-refractivity contribution in [2.45, 2.75) is 19.4 Å². The zero-order chi connectivity index (χ0) is 15.6. The van der Waals surface area contributed by atoms with Gasteiger partial charge in [-0.2, -0.15) is 0 Å². The van der Waals surface area contributed by atoms with Crippen LogP contribution >= 0.6 is 0 Å². The first-order valence-electron chi connectivity index (χ1n) is 6.45. The number of rotatable bonds is 4. The first-order valence-corrected chi connectivity index (χ1v) is 6.45. The molecule has 1 unspecified atom stereocenters. The van der Waals surface area contributed by atoms with Crippen LogP contribution in [0.25, 0.3) is 0 Å². The lowest BCUT2D eigenvalue weighted by Gasteiger charge is -2.31. The van der Waals surface area contributed by atoms with Crippen LogP contribution in [0.5, 0.6) is 0 Å². The van der Waals surface area contributed by atoms with Crippen LogP contribution in [0.15, 0.2) is 36.4 Å². The van der Waals surface area contributed by atoms with E-state index in [9.17, 15) is 18.3 Å². The Balaban J connectivity index is 2.40. The highest BCUT2D eigenvalue weighted by Gasteiger charge is 2.27.